The van der Waals surface area contributed by atoms with E-state index in [9.17, 15) is 43.2 Å². The Morgan fingerprint density at radius 2 is 0.481 bits per heavy atom. The number of hydrogen-bond acceptors (Lipinski definition) is 15. The summed E-state index contributed by atoms with van der Waals surface area (Å²) in [5.41, 5.74) is 0. The van der Waals surface area contributed by atoms with Crippen molar-refractivity contribution in [3.8, 4) is 0 Å². The molecule has 17 nitrogen and oxygen atoms in total. The fourth-order valence-corrected chi connectivity index (χ4v) is 10.8. The number of carbonyl (C=O) groups is 4. The third-order valence-corrected chi connectivity index (χ3v) is 17.0. The first-order valence-electron chi connectivity index (χ1n) is 39.6. The van der Waals surface area contributed by atoms with Gasteiger partial charge in [0.15, 0.2) is 12.2 Å². The van der Waals surface area contributed by atoms with Crippen LogP contribution in [0.4, 0.5) is 0 Å². The third kappa shape index (κ3) is 77.3. The Hall–Kier alpha value is -6.88. The van der Waals surface area contributed by atoms with E-state index in [4.69, 9.17) is 37.0 Å². The van der Waals surface area contributed by atoms with E-state index in [0.29, 0.717) is 44.9 Å². The van der Waals surface area contributed by atoms with Gasteiger partial charge in [-0.05, 0) is 180 Å². The number of aliphatic hydroxyl groups excluding tert-OH is 1. The summed E-state index contributed by atoms with van der Waals surface area (Å²) in [5, 5.41) is 10.6. The topological polar surface area (TPSA) is 237 Å². The van der Waals surface area contributed by atoms with Gasteiger partial charge < -0.3 is 33.8 Å². The van der Waals surface area contributed by atoms with Gasteiger partial charge in [-0.25, -0.2) is 9.13 Å². The predicted molar refractivity (Wildman–Crippen MR) is 444 cm³/mol. The average molecular weight is 1540 g/mol. The molecule has 0 aliphatic rings. The number of hydrogen-bond donors (Lipinski definition) is 3. The minimum atomic E-state index is -5.02. The van der Waals surface area contributed by atoms with Crippen LogP contribution in [0.2, 0.25) is 0 Å². The van der Waals surface area contributed by atoms with Crippen molar-refractivity contribution in [2.24, 2.45) is 0 Å². The molecular weight excluding hydrogens is 1400 g/mol. The molecule has 108 heavy (non-hydrogen) atoms. The summed E-state index contributed by atoms with van der Waals surface area (Å²) in [6.07, 6.45) is 101. The number of unbranched alkanes of at least 4 members (excludes halogenated alkanes) is 7. The lowest BCUT2D eigenvalue weighted by atomic mass is 10.1. The van der Waals surface area contributed by atoms with Crippen molar-refractivity contribution >= 4 is 39.5 Å². The lowest BCUT2D eigenvalue weighted by molar-refractivity contribution is -0.161. The van der Waals surface area contributed by atoms with Crippen LogP contribution < -0.4 is 0 Å². The molecule has 604 valence electrons. The molecule has 5 unspecified atom stereocenters. The highest BCUT2D eigenvalue weighted by atomic mass is 31.2. The zero-order chi connectivity index (χ0) is 78.9. The largest absolute Gasteiger partial charge is 0.472 e. The first-order valence-corrected chi connectivity index (χ1v) is 42.6. The van der Waals surface area contributed by atoms with Gasteiger partial charge >= 0.3 is 39.5 Å². The predicted octanol–water partition coefficient (Wildman–Crippen LogP) is 23.4. The Balaban J connectivity index is 5.58. The minimum Gasteiger partial charge on any atom is -0.462 e. The second kappa shape index (κ2) is 78.2. The minimum absolute atomic E-state index is 0.0175. The molecule has 0 saturated carbocycles. The van der Waals surface area contributed by atoms with Crippen LogP contribution in [0.1, 0.15) is 246 Å². The number of phosphoric acid groups is 2. The Kier molecular flexibility index (Phi) is 73.3. The zero-order valence-electron chi connectivity index (χ0n) is 65.9. The van der Waals surface area contributed by atoms with E-state index < -0.39 is 97.5 Å². The maximum absolute atomic E-state index is 13.1. The van der Waals surface area contributed by atoms with E-state index in [2.05, 4.69) is 222 Å². The van der Waals surface area contributed by atoms with Gasteiger partial charge in [0.2, 0.25) is 0 Å². The molecule has 0 spiro atoms. The molecule has 0 aliphatic carbocycles. The SMILES string of the molecule is CC/C=C\C/C=C\C/C=C\C/C=C\C/C=C\C/C=C\CCC(=O)OCC(COP(=O)(O)OCC(O)COP(=O)(O)OCC(COC(=O)CCC/C=C\C/C=C\C/C=C\C/C=C\C/C=C\CC)OC(=O)CCCC/C=C\C/C=C\C/C=C\C/C=C\CC)OC(=O)CCCCCC/C=C\C/C=C\C/C=C\C/C=C\CC. The van der Waals surface area contributed by atoms with Gasteiger partial charge in [-0.1, -0.05) is 271 Å². The third-order valence-electron chi connectivity index (χ3n) is 15.1. The van der Waals surface area contributed by atoms with Crippen LogP contribution in [0, 0.1) is 0 Å². The molecule has 19 heteroatoms. The van der Waals surface area contributed by atoms with Crippen LogP contribution in [0.15, 0.2) is 231 Å². The summed E-state index contributed by atoms with van der Waals surface area (Å²) in [6.45, 7) is 4.13. The van der Waals surface area contributed by atoms with E-state index in [0.717, 1.165) is 148 Å². The molecule has 0 heterocycles. The number of ether oxygens (including phenoxy) is 4. The number of aliphatic hydroxyl groups is 1. The molecule has 0 aromatic carbocycles. The first-order chi connectivity index (χ1) is 52.7. The fourth-order valence-electron chi connectivity index (χ4n) is 9.26. The molecule has 0 amide bonds. The quantitative estimate of drug-likeness (QED) is 0.0169. The zero-order valence-corrected chi connectivity index (χ0v) is 67.7. The van der Waals surface area contributed by atoms with Crippen molar-refractivity contribution < 1.29 is 80.2 Å². The molecule has 5 atom stereocenters. The van der Waals surface area contributed by atoms with Gasteiger partial charge in [0.1, 0.15) is 19.3 Å². The van der Waals surface area contributed by atoms with Gasteiger partial charge in [0.25, 0.3) is 0 Å². The van der Waals surface area contributed by atoms with Gasteiger partial charge in [-0.2, -0.15) is 0 Å². The molecule has 0 aromatic heterocycles. The van der Waals surface area contributed by atoms with Crippen molar-refractivity contribution in [3.63, 3.8) is 0 Å². The fraction of sp³-hybridized carbons (Fsp3) is 0.528. The van der Waals surface area contributed by atoms with E-state index in [1.165, 1.54) is 0 Å². The van der Waals surface area contributed by atoms with Crippen LogP contribution in [0.3, 0.4) is 0 Å². The lowest BCUT2D eigenvalue weighted by Gasteiger charge is -2.21. The Labute approximate surface area is 651 Å². The van der Waals surface area contributed by atoms with Crippen LogP contribution in [0.25, 0.3) is 0 Å². The van der Waals surface area contributed by atoms with Gasteiger partial charge in [0.05, 0.1) is 26.4 Å². The molecule has 0 bridgehead atoms. The number of rotatable bonds is 71. The standard InChI is InChI=1S/C89H136O17P2/c1-5-9-13-17-21-25-29-33-37-40-41-44-47-50-54-58-62-66-70-74-87(92)100-80-85(106-89(94)76-72-68-64-60-56-52-48-43-39-35-31-27-23-19-15-11-7-3)82-104-108(97,98)102-78-83(90)77-101-107(95,96)103-81-84(105-88(93)75-71-67-63-59-55-51-45-36-32-28-24-20-16-12-8-4)79-99-86(91)73-69-65-61-57-53-49-46-42-38-34-30-26-22-18-14-10-6-2/h9-16,21-28,33-39,41,44-46,48-50,52,54-55,57,59,61-62,66,83-85,90H,5-8,17-20,29-32,40,42-43,47,51,53,56,58,60,63-65,67-82H2,1-4H3,(H,95,96)(H,97,98)/b13-9-,14-10-,15-11-,16-12-,25-21-,26-22-,27-23-,28-24-,37-33-,38-34-,39-35-,44-41-,45-36-,49-46-,52-48-,54-50-,59-55-,61-57-,66-62-. The summed E-state index contributed by atoms with van der Waals surface area (Å²) in [7, 11) is -10.0. The monoisotopic (exact) mass is 1540 g/mol. The Morgan fingerprint density at radius 3 is 0.787 bits per heavy atom. The molecule has 0 aliphatic heterocycles. The number of phosphoric ester groups is 2. The molecule has 0 saturated heterocycles. The second-order valence-electron chi connectivity index (χ2n) is 25.1. The van der Waals surface area contributed by atoms with Crippen LogP contribution in [-0.2, 0) is 65.4 Å². The molecule has 0 aromatic rings. The Bertz CT molecular complexity index is 2960. The summed E-state index contributed by atoms with van der Waals surface area (Å²) < 4.78 is 68.4. The molecule has 0 radical (unpaired) electrons. The number of allylic oxidation sites excluding steroid dienone is 38. The van der Waals surface area contributed by atoms with Crippen molar-refractivity contribution in [1.82, 2.24) is 0 Å². The molecule has 3 N–H and O–H groups in total. The van der Waals surface area contributed by atoms with Crippen LogP contribution in [0.5, 0.6) is 0 Å². The van der Waals surface area contributed by atoms with Crippen molar-refractivity contribution in [2.45, 2.75) is 264 Å². The van der Waals surface area contributed by atoms with E-state index in [1.54, 1.807) is 0 Å². The van der Waals surface area contributed by atoms with Crippen molar-refractivity contribution in [3.05, 3.63) is 231 Å². The first kappa shape index (κ1) is 101. The average Bonchev–Trinajstić information content (AvgIpc) is 0.906. The highest BCUT2D eigenvalue weighted by Crippen LogP contribution is 2.45. The van der Waals surface area contributed by atoms with Crippen LogP contribution >= 0.6 is 15.6 Å². The summed E-state index contributed by atoms with van der Waals surface area (Å²) in [6, 6.07) is 0. The van der Waals surface area contributed by atoms with Gasteiger partial charge in [-0.3, -0.25) is 37.3 Å². The Morgan fingerprint density at radius 1 is 0.259 bits per heavy atom. The van der Waals surface area contributed by atoms with Gasteiger partial charge in [0, 0.05) is 25.7 Å². The smallest absolute Gasteiger partial charge is 0.462 e. The van der Waals surface area contributed by atoms with E-state index in [-0.39, 0.29) is 25.7 Å². The van der Waals surface area contributed by atoms with E-state index in [1.807, 2.05) is 36.5 Å². The second-order valence-corrected chi connectivity index (χ2v) is 28.0. The van der Waals surface area contributed by atoms with Crippen LogP contribution in [-0.4, -0.2) is 96.7 Å². The maximum Gasteiger partial charge on any atom is 0.472 e. The van der Waals surface area contributed by atoms with Gasteiger partial charge in [-0.15, -0.1) is 0 Å². The molecular formula is C89H136O17P2. The molecule has 0 rings (SSSR count). The molecule has 0 fully saturated rings. The normalized spacial score (nSPS) is 15.1. The summed E-state index contributed by atoms with van der Waals surface area (Å²) in [5.74, 6) is -2.45. The number of esters is 4. The lowest BCUT2D eigenvalue weighted by Crippen LogP contribution is -2.30. The maximum atomic E-state index is 13.1. The van der Waals surface area contributed by atoms with Crippen molar-refractivity contribution in [1.29, 1.82) is 0 Å². The highest BCUT2D eigenvalue weighted by Gasteiger charge is 2.30. The highest BCUT2D eigenvalue weighted by molar-refractivity contribution is 7.47. The number of carbonyl (C=O) groups excluding carboxylic acids is 4. The van der Waals surface area contributed by atoms with E-state index >= 15 is 0 Å². The van der Waals surface area contributed by atoms with Crippen molar-refractivity contribution in [2.75, 3.05) is 39.6 Å². The summed E-state index contributed by atoms with van der Waals surface area (Å²) >= 11 is 0. The summed E-state index contributed by atoms with van der Waals surface area (Å²) in [4.78, 5) is 73.0.